The van der Waals surface area contributed by atoms with Crippen molar-refractivity contribution in [3.63, 3.8) is 0 Å². The Morgan fingerprint density at radius 1 is 1.11 bits per heavy atom. The van der Waals surface area contributed by atoms with Gasteiger partial charge in [-0.15, -0.1) is 0 Å². The molecule has 1 aliphatic heterocycles. The Kier molecular flexibility index (Phi) is 5.44. The molecule has 0 unspecified atom stereocenters. The van der Waals surface area contributed by atoms with Crippen molar-refractivity contribution in [3.05, 3.63) is 82.4 Å². The van der Waals surface area contributed by atoms with Crippen molar-refractivity contribution in [2.24, 2.45) is 7.05 Å². The van der Waals surface area contributed by atoms with E-state index < -0.39 is 0 Å². The van der Waals surface area contributed by atoms with Crippen LogP contribution in [-0.2, 0) is 13.5 Å². The molecule has 1 aromatic carbocycles. The van der Waals surface area contributed by atoms with Crippen LogP contribution in [0.4, 0.5) is 0 Å². The minimum atomic E-state index is 0.0582. The van der Waals surface area contributed by atoms with Crippen LogP contribution in [0.15, 0.2) is 54.7 Å². The first kappa shape index (κ1) is 18.7. The van der Waals surface area contributed by atoms with Gasteiger partial charge in [0, 0.05) is 55.1 Å². The number of pyridine rings is 1. The molecule has 0 bridgehead atoms. The summed E-state index contributed by atoms with van der Waals surface area (Å²) in [4.78, 5) is 19.5. The summed E-state index contributed by atoms with van der Waals surface area (Å²) < 4.78 is 1.64. The molecular weight excluding hydrogens is 372 g/mol. The molecule has 4 rings (SSSR count). The minimum absolute atomic E-state index is 0.0582. The average molecular weight is 395 g/mol. The maximum absolute atomic E-state index is 12.6. The lowest BCUT2D eigenvalue weighted by atomic mass is 9.92. The van der Waals surface area contributed by atoms with Crippen LogP contribution in [0, 0.1) is 0 Å². The van der Waals surface area contributed by atoms with Crippen LogP contribution in [-0.4, -0.2) is 38.7 Å². The Morgan fingerprint density at radius 2 is 1.86 bits per heavy atom. The van der Waals surface area contributed by atoms with E-state index in [9.17, 15) is 4.79 Å². The maximum atomic E-state index is 12.6. The lowest BCUT2D eigenvalue weighted by Gasteiger charge is -2.31. The first-order valence-corrected chi connectivity index (χ1v) is 9.95. The molecule has 0 N–H and O–H groups in total. The molecule has 1 fully saturated rings. The van der Waals surface area contributed by atoms with Crippen molar-refractivity contribution in [2.75, 3.05) is 13.1 Å². The van der Waals surface area contributed by atoms with Crippen LogP contribution in [0.5, 0.6) is 0 Å². The third-order valence-electron chi connectivity index (χ3n) is 5.37. The van der Waals surface area contributed by atoms with Crippen LogP contribution >= 0.6 is 11.6 Å². The van der Waals surface area contributed by atoms with Crippen molar-refractivity contribution in [3.8, 4) is 0 Å². The molecule has 1 aliphatic rings. The standard InChI is InChI=1S/C22H23ClN4O/c1-26-21(9-12-24-26)22(28)27-13-10-17(11-14-27)20-4-2-3-19(25-20)15-16-5-7-18(23)8-6-16/h2-9,12,17H,10-11,13-15H2,1H3. The predicted octanol–water partition coefficient (Wildman–Crippen LogP) is 4.08. The zero-order valence-corrected chi connectivity index (χ0v) is 16.6. The van der Waals surface area contributed by atoms with Crippen molar-refractivity contribution >= 4 is 17.5 Å². The molecule has 0 atom stereocenters. The monoisotopic (exact) mass is 394 g/mol. The Bertz CT molecular complexity index is 959. The molecule has 144 valence electrons. The molecule has 28 heavy (non-hydrogen) atoms. The fraction of sp³-hybridized carbons (Fsp3) is 0.318. The summed E-state index contributed by atoms with van der Waals surface area (Å²) in [6.45, 7) is 1.50. The number of hydrogen-bond acceptors (Lipinski definition) is 3. The molecular formula is C22H23ClN4O. The molecule has 6 heteroatoms. The van der Waals surface area contributed by atoms with Gasteiger partial charge in [0.2, 0.25) is 0 Å². The Balaban J connectivity index is 1.40. The van der Waals surface area contributed by atoms with E-state index in [1.165, 1.54) is 5.56 Å². The number of benzene rings is 1. The molecule has 0 saturated carbocycles. The van der Waals surface area contributed by atoms with E-state index in [0.717, 1.165) is 48.8 Å². The second-order valence-corrected chi connectivity index (χ2v) is 7.70. The van der Waals surface area contributed by atoms with Crippen LogP contribution in [0.25, 0.3) is 0 Å². The van der Waals surface area contributed by atoms with Crippen LogP contribution in [0.1, 0.15) is 46.2 Å². The summed E-state index contributed by atoms with van der Waals surface area (Å²) in [7, 11) is 1.80. The third-order valence-corrected chi connectivity index (χ3v) is 5.62. The van der Waals surface area contributed by atoms with Crippen molar-refractivity contribution in [1.29, 1.82) is 0 Å². The van der Waals surface area contributed by atoms with Crippen molar-refractivity contribution in [2.45, 2.75) is 25.2 Å². The zero-order valence-electron chi connectivity index (χ0n) is 15.9. The number of halogens is 1. The normalized spacial score (nSPS) is 15.0. The van der Waals surface area contributed by atoms with Gasteiger partial charge in [0.15, 0.2) is 0 Å². The number of piperidine rings is 1. The Labute approximate surface area is 170 Å². The summed E-state index contributed by atoms with van der Waals surface area (Å²) in [5.41, 5.74) is 4.03. The first-order valence-electron chi connectivity index (χ1n) is 9.58. The quantitative estimate of drug-likeness (QED) is 0.670. The van der Waals surface area contributed by atoms with Crippen LogP contribution < -0.4 is 0 Å². The highest BCUT2D eigenvalue weighted by molar-refractivity contribution is 6.30. The molecule has 1 saturated heterocycles. The zero-order chi connectivity index (χ0) is 19.5. The van der Waals surface area contributed by atoms with Crippen molar-refractivity contribution < 1.29 is 4.79 Å². The number of aryl methyl sites for hydroxylation is 1. The number of likely N-dealkylation sites (tertiary alicyclic amines) is 1. The summed E-state index contributed by atoms with van der Waals surface area (Å²) >= 11 is 5.97. The third kappa shape index (κ3) is 4.09. The van der Waals surface area contributed by atoms with Crippen molar-refractivity contribution in [1.82, 2.24) is 19.7 Å². The van der Waals surface area contributed by atoms with Gasteiger partial charge in [0.05, 0.1) is 0 Å². The number of amides is 1. The van der Waals surface area contributed by atoms with Crippen LogP contribution in [0.3, 0.4) is 0 Å². The number of aromatic nitrogens is 3. The molecule has 3 aromatic rings. The fourth-order valence-electron chi connectivity index (χ4n) is 3.76. The van der Waals surface area contributed by atoms with E-state index in [-0.39, 0.29) is 5.91 Å². The summed E-state index contributed by atoms with van der Waals surface area (Å²) in [6, 6.07) is 15.9. The highest BCUT2D eigenvalue weighted by Gasteiger charge is 2.26. The molecule has 3 heterocycles. The van der Waals surface area contributed by atoms with Gasteiger partial charge in [0.1, 0.15) is 5.69 Å². The molecule has 2 aromatic heterocycles. The largest absolute Gasteiger partial charge is 0.337 e. The highest BCUT2D eigenvalue weighted by atomic mass is 35.5. The molecule has 0 radical (unpaired) electrons. The van der Waals surface area contributed by atoms with E-state index in [0.29, 0.717) is 11.6 Å². The number of hydrogen-bond donors (Lipinski definition) is 0. The van der Waals surface area contributed by atoms with Gasteiger partial charge in [-0.05, 0) is 48.7 Å². The Morgan fingerprint density at radius 3 is 2.54 bits per heavy atom. The topological polar surface area (TPSA) is 51.0 Å². The van der Waals surface area contributed by atoms with Gasteiger partial charge >= 0.3 is 0 Å². The van der Waals surface area contributed by atoms with Crippen LogP contribution in [0.2, 0.25) is 5.02 Å². The van der Waals surface area contributed by atoms with Gasteiger partial charge < -0.3 is 4.90 Å². The molecule has 0 spiro atoms. The SMILES string of the molecule is Cn1nccc1C(=O)N1CCC(c2cccc(Cc3ccc(Cl)cc3)n2)CC1. The van der Waals surface area contributed by atoms with E-state index >= 15 is 0 Å². The molecule has 1 amide bonds. The number of nitrogens with zero attached hydrogens (tertiary/aromatic N) is 4. The molecule has 0 aliphatic carbocycles. The smallest absolute Gasteiger partial charge is 0.272 e. The lowest BCUT2D eigenvalue weighted by Crippen LogP contribution is -2.38. The second-order valence-electron chi connectivity index (χ2n) is 7.26. The average Bonchev–Trinajstić information content (AvgIpc) is 3.15. The minimum Gasteiger partial charge on any atom is -0.337 e. The number of carbonyl (C=O) groups is 1. The number of rotatable bonds is 4. The van der Waals surface area contributed by atoms with Gasteiger partial charge in [-0.1, -0.05) is 29.8 Å². The van der Waals surface area contributed by atoms with Gasteiger partial charge in [0.25, 0.3) is 5.91 Å². The predicted molar refractivity (Wildman–Crippen MR) is 110 cm³/mol. The number of carbonyl (C=O) groups excluding carboxylic acids is 1. The summed E-state index contributed by atoms with van der Waals surface area (Å²) in [6.07, 6.45) is 4.32. The summed E-state index contributed by atoms with van der Waals surface area (Å²) in [5, 5.41) is 4.84. The Hall–Kier alpha value is -2.66. The lowest BCUT2D eigenvalue weighted by molar-refractivity contribution is 0.0701. The van der Waals surface area contributed by atoms with E-state index in [2.05, 4.69) is 23.3 Å². The van der Waals surface area contributed by atoms with Gasteiger partial charge in [-0.2, -0.15) is 5.10 Å². The first-order chi connectivity index (χ1) is 13.6. The van der Waals surface area contributed by atoms with E-state index in [4.69, 9.17) is 16.6 Å². The van der Waals surface area contributed by atoms with Gasteiger partial charge in [-0.25, -0.2) is 0 Å². The maximum Gasteiger partial charge on any atom is 0.272 e. The van der Waals surface area contributed by atoms with E-state index in [1.54, 1.807) is 24.0 Å². The second kappa shape index (κ2) is 8.15. The molecule has 5 nitrogen and oxygen atoms in total. The summed E-state index contributed by atoms with van der Waals surface area (Å²) in [5.74, 6) is 0.448. The van der Waals surface area contributed by atoms with E-state index in [1.807, 2.05) is 29.2 Å². The highest BCUT2D eigenvalue weighted by Crippen LogP contribution is 2.28. The van der Waals surface area contributed by atoms with Gasteiger partial charge in [-0.3, -0.25) is 14.5 Å². The fourth-order valence-corrected chi connectivity index (χ4v) is 3.89.